The Kier molecular flexibility index (Phi) is 6.11. The minimum absolute atomic E-state index is 0.158. The highest BCUT2D eigenvalue weighted by Crippen LogP contribution is 2.18. The Balaban J connectivity index is 1.57. The quantitative estimate of drug-likeness (QED) is 0.476. The number of halogens is 1. The minimum atomic E-state index is -3.67. The monoisotopic (exact) mass is 400 g/mol. The highest BCUT2D eigenvalue weighted by molar-refractivity contribution is 7.89. The normalized spacial score (nSPS) is 11.4. The van der Waals surface area contributed by atoms with E-state index in [1.807, 2.05) is 24.3 Å². The van der Waals surface area contributed by atoms with Gasteiger partial charge in [0.15, 0.2) is 0 Å². The summed E-state index contributed by atoms with van der Waals surface area (Å²) in [5.41, 5.74) is 1.64. The predicted octanol–water partition coefficient (Wildman–Crippen LogP) is 4.23. The average molecular weight is 401 g/mol. The molecule has 0 aliphatic carbocycles. The third-order valence-electron chi connectivity index (χ3n) is 3.67. The van der Waals surface area contributed by atoms with Crippen LogP contribution in [0.5, 0.6) is 5.75 Å². The number of nitrogens with one attached hydrogen (secondary N) is 1. The van der Waals surface area contributed by atoms with Crippen molar-refractivity contribution < 1.29 is 13.2 Å². The van der Waals surface area contributed by atoms with Gasteiger partial charge in [-0.15, -0.1) is 0 Å². The van der Waals surface area contributed by atoms with E-state index in [0.29, 0.717) is 17.4 Å². The van der Waals surface area contributed by atoms with E-state index in [1.165, 1.54) is 18.3 Å². The predicted molar refractivity (Wildman–Crippen MR) is 107 cm³/mol. The second kappa shape index (κ2) is 8.70. The van der Waals surface area contributed by atoms with Crippen LogP contribution in [0.1, 0.15) is 11.1 Å². The molecule has 3 aromatic carbocycles. The summed E-state index contributed by atoms with van der Waals surface area (Å²) in [4.78, 5) is 2.34. The Hall–Kier alpha value is -2.83. The van der Waals surface area contributed by atoms with Gasteiger partial charge in [-0.05, 0) is 48.0 Å². The van der Waals surface area contributed by atoms with Crippen LogP contribution < -0.4 is 9.57 Å². The number of hydrogen-bond donors (Lipinski definition) is 1. The van der Waals surface area contributed by atoms with Crippen LogP contribution in [0.15, 0.2) is 88.9 Å². The summed E-state index contributed by atoms with van der Waals surface area (Å²) in [5.74, 6) is 0.678. The molecule has 0 bridgehead atoms. The number of nitrogens with zero attached hydrogens (tertiary/aromatic N) is 1. The van der Waals surface area contributed by atoms with E-state index in [-0.39, 0.29) is 4.90 Å². The van der Waals surface area contributed by atoms with Crippen LogP contribution in [0, 0.1) is 0 Å². The molecule has 0 spiro atoms. The second-order valence-electron chi connectivity index (χ2n) is 5.62. The van der Waals surface area contributed by atoms with Crippen LogP contribution in [0.4, 0.5) is 0 Å². The number of sulfonamides is 1. The number of hydrogen-bond acceptors (Lipinski definition) is 4. The number of hydrazone groups is 1. The summed E-state index contributed by atoms with van der Waals surface area (Å²) in [6.45, 7) is 0.365. The smallest absolute Gasteiger partial charge is 0.276 e. The van der Waals surface area contributed by atoms with Gasteiger partial charge in [-0.2, -0.15) is 13.5 Å². The second-order valence-corrected chi connectivity index (χ2v) is 7.68. The largest absolute Gasteiger partial charge is 0.489 e. The highest BCUT2D eigenvalue weighted by atomic mass is 35.5. The van der Waals surface area contributed by atoms with Gasteiger partial charge in [0.25, 0.3) is 10.0 Å². The van der Waals surface area contributed by atoms with Gasteiger partial charge in [-0.1, -0.05) is 48.0 Å². The van der Waals surface area contributed by atoms with Crippen LogP contribution in [0.2, 0.25) is 5.02 Å². The molecule has 0 saturated carbocycles. The molecule has 0 unspecified atom stereocenters. The maximum Gasteiger partial charge on any atom is 0.276 e. The Morgan fingerprint density at radius 3 is 2.30 bits per heavy atom. The molecular formula is C20H17ClN2O3S. The van der Waals surface area contributed by atoms with Crippen molar-refractivity contribution in [2.24, 2.45) is 5.10 Å². The van der Waals surface area contributed by atoms with Gasteiger partial charge in [-0.3, -0.25) is 0 Å². The van der Waals surface area contributed by atoms with Crippen LogP contribution in [0.25, 0.3) is 0 Å². The van der Waals surface area contributed by atoms with Crippen molar-refractivity contribution in [3.63, 3.8) is 0 Å². The fraction of sp³-hybridized carbons (Fsp3) is 0.0500. The zero-order valence-electron chi connectivity index (χ0n) is 14.2. The lowest BCUT2D eigenvalue weighted by molar-refractivity contribution is 0.306. The lowest BCUT2D eigenvalue weighted by Gasteiger charge is -2.07. The zero-order chi connectivity index (χ0) is 19.1. The molecule has 0 radical (unpaired) electrons. The van der Waals surface area contributed by atoms with E-state index >= 15 is 0 Å². The Morgan fingerprint density at radius 1 is 0.926 bits per heavy atom. The number of ether oxygens (including phenoxy) is 1. The fourth-order valence-electron chi connectivity index (χ4n) is 2.25. The first-order chi connectivity index (χ1) is 13.0. The lowest BCUT2D eigenvalue weighted by Crippen LogP contribution is -2.18. The van der Waals surface area contributed by atoms with Crippen molar-refractivity contribution in [3.05, 3.63) is 95.0 Å². The number of benzene rings is 3. The van der Waals surface area contributed by atoms with Crippen LogP contribution in [0.3, 0.4) is 0 Å². The summed E-state index contributed by atoms with van der Waals surface area (Å²) in [5, 5.41) is 4.46. The van der Waals surface area contributed by atoms with Crippen LogP contribution >= 0.6 is 11.6 Å². The molecule has 5 nitrogen and oxygen atoms in total. The third kappa shape index (κ3) is 5.32. The molecule has 0 atom stereocenters. The molecule has 0 aliphatic heterocycles. The van der Waals surface area contributed by atoms with Gasteiger partial charge in [0.1, 0.15) is 12.4 Å². The fourth-order valence-corrected chi connectivity index (χ4v) is 3.25. The van der Waals surface area contributed by atoms with Gasteiger partial charge >= 0.3 is 0 Å². The molecule has 7 heteroatoms. The number of rotatable bonds is 7. The van der Waals surface area contributed by atoms with Crippen molar-refractivity contribution in [1.29, 1.82) is 0 Å². The molecule has 0 fully saturated rings. The van der Waals surface area contributed by atoms with Gasteiger partial charge in [0, 0.05) is 10.6 Å². The molecule has 3 rings (SSSR count). The van der Waals surface area contributed by atoms with Gasteiger partial charge in [-0.25, -0.2) is 4.83 Å². The first-order valence-electron chi connectivity index (χ1n) is 8.11. The molecule has 0 saturated heterocycles. The van der Waals surface area contributed by atoms with Gasteiger partial charge < -0.3 is 4.74 Å². The molecule has 1 N–H and O–H groups in total. The van der Waals surface area contributed by atoms with Gasteiger partial charge in [0.05, 0.1) is 11.1 Å². The minimum Gasteiger partial charge on any atom is -0.489 e. The SMILES string of the molecule is O=S(=O)(N/N=C\c1ccc(OCc2ccccc2Cl)cc1)c1ccccc1. The molecule has 0 amide bonds. The van der Waals surface area contributed by atoms with Crippen molar-refractivity contribution in [2.45, 2.75) is 11.5 Å². The summed E-state index contributed by atoms with van der Waals surface area (Å²) in [6.07, 6.45) is 1.43. The van der Waals surface area contributed by atoms with Crippen molar-refractivity contribution >= 4 is 27.8 Å². The van der Waals surface area contributed by atoms with Crippen molar-refractivity contribution in [2.75, 3.05) is 0 Å². The molecule has 3 aromatic rings. The maximum absolute atomic E-state index is 12.1. The molecular weight excluding hydrogens is 384 g/mol. The Bertz CT molecular complexity index is 1020. The molecule has 0 aromatic heterocycles. The zero-order valence-corrected chi connectivity index (χ0v) is 15.8. The molecule has 27 heavy (non-hydrogen) atoms. The Labute approximate surface area is 163 Å². The summed E-state index contributed by atoms with van der Waals surface area (Å²) in [6, 6.07) is 22.7. The highest BCUT2D eigenvalue weighted by Gasteiger charge is 2.10. The molecule has 0 heterocycles. The van der Waals surface area contributed by atoms with E-state index in [0.717, 1.165) is 11.1 Å². The topological polar surface area (TPSA) is 67.8 Å². The third-order valence-corrected chi connectivity index (χ3v) is 5.28. The standard InChI is InChI=1S/C20H17ClN2O3S/c21-20-9-5-4-6-17(20)15-26-18-12-10-16(11-13-18)14-22-23-27(24,25)19-7-2-1-3-8-19/h1-14,23H,15H2/b22-14-. The first-order valence-corrected chi connectivity index (χ1v) is 9.97. The van der Waals surface area contributed by atoms with Crippen molar-refractivity contribution in [3.8, 4) is 5.75 Å². The van der Waals surface area contributed by atoms with E-state index in [4.69, 9.17) is 16.3 Å². The van der Waals surface area contributed by atoms with E-state index in [9.17, 15) is 8.42 Å². The van der Waals surface area contributed by atoms with Crippen LogP contribution in [-0.2, 0) is 16.6 Å². The molecule has 138 valence electrons. The summed E-state index contributed by atoms with van der Waals surface area (Å²) >= 11 is 6.10. The van der Waals surface area contributed by atoms with Gasteiger partial charge in [0.2, 0.25) is 0 Å². The van der Waals surface area contributed by atoms with E-state index in [2.05, 4.69) is 9.93 Å². The maximum atomic E-state index is 12.1. The summed E-state index contributed by atoms with van der Waals surface area (Å²) < 4.78 is 29.8. The molecule has 0 aliphatic rings. The van der Waals surface area contributed by atoms with E-state index in [1.54, 1.807) is 42.5 Å². The summed E-state index contributed by atoms with van der Waals surface area (Å²) in [7, 11) is -3.67. The van der Waals surface area contributed by atoms with Crippen molar-refractivity contribution in [1.82, 2.24) is 4.83 Å². The van der Waals surface area contributed by atoms with E-state index < -0.39 is 10.0 Å². The Morgan fingerprint density at radius 2 is 1.59 bits per heavy atom. The first kappa shape index (κ1) is 18.9. The lowest BCUT2D eigenvalue weighted by atomic mass is 10.2. The average Bonchev–Trinajstić information content (AvgIpc) is 2.69. The van der Waals surface area contributed by atoms with Crippen LogP contribution in [-0.4, -0.2) is 14.6 Å².